The Morgan fingerprint density at radius 3 is 2.45 bits per heavy atom. The second-order valence-corrected chi connectivity index (χ2v) is 4.15. The smallest absolute Gasteiger partial charge is 0.0626 e. The molecule has 1 N–H and O–H groups in total. The Balaban J connectivity index is 2.05. The number of aliphatic hydroxyl groups is 1. The van der Waals surface area contributed by atoms with Crippen LogP contribution in [-0.4, -0.2) is 23.4 Å². The first-order valence-electron chi connectivity index (χ1n) is 4.33. The van der Waals surface area contributed by atoms with E-state index in [-0.39, 0.29) is 0 Å². The molecule has 1 aliphatic rings. The molecule has 0 aromatic heterocycles. The van der Waals surface area contributed by atoms with Crippen LogP contribution in [0.3, 0.4) is 0 Å². The summed E-state index contributed by atoms with van der Waals surface area (Å²) in [5.74, 6) is 0.590. The van der Waals surface area contributed by atoms with Gasteiger partial charge in [-0.05, 0) is 39.5 Å². The average molecular weight is 158 g/mol. The molecule has 0 aromatic rings. The molecule has 1 saturated carbocycles. The molecular formula is C9H18O2. The first-order valence-corrected chi connectivity index (χ1v) is 4.33. The number of hydrogen-bond acceptors (Lipinski definition) is 2. The monoisotopic (exact) mass is 158 g/mol. The maximum atomic E-state index is 9.39. The first kappa shape index (κ1) is 9.01. The van der Waals surface area contributed by atoms with Crippen molar-refractivity contribution in [2.45, 2.75) is 45.3 Å². The van der Waals surface area contributed by atoms with Crippen LogP contribution < -0.4 is 0 Å². The third kappa shape index (κ3) is 2.80. The van der Waals surface area contributed by atoms with Crippen molar-refractivity contribution in [1.29, 1.82) is 0 Å². The molecule has 0 bridgehead atoms. The van der Waals surface area contributed by atoms with E-state index < -0.39 is 5.60 Å². The minimum absolute atomic E-state index is 0.320. The highest BCUT2D eigenvalue weighted by Gasteiger charge is 2.38. The van der Waals surface area contributed by atoms with Gasteiger partial charge in [-0.2, -0.15) is 0 Å². The van der Waals surface area contributed by atoms with Crippen LogP contribution in [0.4, 0.5) is 0 Å². The molecule has 0 radical (unpaired) electrons. The van der Waals surface area contributed by atoms with Crippen molar-refractivity contribution < 1.29 is 9.84 Å². The summed E-state index contributed by atoms with van der Waals surface area (Å²) in [6.07, 6.45) is 2.12. The molecule has 11 heavy (non-hydrogen) atoms. The maximum Gasteiger partial charge on any atom is 0.0626 e. The quantitative estimate of drug-likeness (QED) is 0.675. The lowest BCUT2D eigenvalue weighted by Gasteiger charge is -2.40. The van der Waals surface area contributed by atoms with Gasteiger partial charge in [0.1, 0.15) is 0 Å². The molecule has 0 unspecified atom stereocenters. The van der Waals surface area contributed by atoms with Crippen LogP contribution in [0.5, 0.6) is 0 Å². The van der Waals surface area contributed by atoms with E-state index in [1.807, 2.05) is 20.8 Å². The van der Waals surface area contributed by atoms with Gasteiger partial charge < -0.3 is 9.84 Å². The second kappa shape index (κ2) is 3.11. The Labute approximate surface area is 68.6 Å². The van der Waals surface area contributed by atoms with Gasteiger partial charge in [0, 0.05) is 6.61 Å². The summed E-state index contributed by atoms with van der Waals surface area (Å²) in [6, 6.07) is 0. The Hall–Kier alpha value is -0.0800. The van der Waals surface area contributed by atoms with Crippen molar-refractivity contribution in [3.8, 4) is 0 Å². The van der Waals surface area contributed by atoms with Crippen molar-refractivity contribution in [2.75, 3.05) is 6.61 Å². The Bertz CT molecular complexity index is 122. The van der Waals surface area contributed by atoms with Gasteiger partial charge in [0.2, 0.25) is 0 Å². The Morgan fingerprint density at radius 2 is 2.09 bits per heavy atom. The maximum absolute atomic E-state index is 9.39. The molecule has 0 aliphatic heterocycles. The third-order valence-corrected chi connectivity index (χ3v) is 2.12. The topological polar surface area (TPSA) is 29.5 Å². The molecule has 0 saturated heterocycles. The third-order valence-electron chi connectivity index (χ3n) is 2.12. The van der Waals surface area contributed by atoms with Crippen LogP contribution in [-0.2, 0) is 4.74 Å². The molecular weight excluding hydrogens is 140 g/mol. The minimum Gasteiger partial charge on any atom is -0.390 e. The van der Waals surface area contributed by atoms with Gasteiger partial charge in [-0.25, -0.2) is 0 Å². The molecule has 2 nitrogen and oxygen atoms in total. The summed E-state index contributed by atoms with van der Waals surface area (Å²) in [4.78, 5) is 0. The molecule has 1 aliphatic carbocycles. The van der Waals surface area contributed by atoms with E-state index >= 15 is 0 Å². The molecule has 1 fully saturated rings. The van der Waals surface area contributed by atoms with Gasteiger partial charge in [-0.15, -0.1) is 0 Å². The van der Waals surface area contributed by atoms with Crippen LogP contribution >= 0.6 is 0 Å². The highest BCUT2D eigenvalue weighted by atomic mass is 16.5. The minimum atomic E-state index is -0.398. The van der Waals surface area contributed by atoms with Gasteiger partial charge in [0.05, 0.1) is 11.7 Å². The number of hydrogen-bond donors (Lipinski definition) is 1. The Kier molecular flexibility index (Phi) is 2.55. The van der Waals surface area contributed by atoms with E-state index in [9.17, 15) is 5.11 Å². The molecule has 0 aromatic carbocycles. The largest absolute Gasteiger partial charge is 0.390 e. The number of ether oxygens (including phenoxy) is 1. The average Bonchev–Trinajstić information content (AvgIpc) is 1.78. The summed E-state index contributed by atoms with van der Waals surface area (Å²) in [5.41, 5.74) is -0.398. The lowest BCUT2D eigenvalue weighted by molar-refractivity contribution is -0.0902. The van der Waals surface area contributed by atoms with E-state index in [4.69, 9.17) is 4.74 Å². The van der Waals surface area contributed by atoms with E-state index in [0.29, 0.717) is 12.0 Å². The van der Waals surface area contributed by atoms with E-state index in [0.717, 1.165) is 19.4 Å². The molecule has 2 heteroatoms. The molecule has 0 atom stereocenters. The predicted octanol–water partition coefficient (Wildman–Crippen LogP) is 1.57. The zero-order chi connectivity index (χ0) is 8.48. The van der Waals surface area contributed by atoms with Crippen molar-refractivity contribution in [3.63, 3.8) is 0 Å². The van der Waals surface area contributed by atoms with Crippen molar-refractivity contribution in [2.24, 2.45) is 5.92 Å². The SMILES string of the molecule is CC(C)OCC1CC(C)(O)C1. The van der Waals surface area contributed by atoms with Gasteiger partial charge in [-0.3, -0.25) is 0 Å². The second-order valence-electron chi connectivity index (χ2n) is 4.15. The molecule has 0 spiro atoms. The summed E-state index contributed by atoms with van der Waals surface area (Å²) >= 11 is 0. The van der Waals surface area contributed by atoms with Gasteiger partial charge >= 0.3 is 0 Å². The molecule has 66 valence electrons. The zero-order valence-electron chi connectivity index (χ0n) is 7.63. The lowest BCUT2D eigenvalue weighted by atomic mass is 9.73. The standard InChI is InChI=1S/C9H18O2/c1-7(2)11-6-8-4-9(3,10)5-8/h7-8,10H,4-6H2,1-3H3. The highest BCUT2D eigenvalue weighted by Crippen LogP contribution is 2.37. The van der Waals surface area contributed by atoms with Crippen LogP contribution in [0.25, 0.3) is 0 Å². The van der Waals surface area contributed by atoms with Crippen LogP contribution in [0.15, 0.2) is 0 Å². The van der Waals surface area contributed by atoms with Crippen molar-refractivity contribution in [1.82, 2.24) is 0 Å². The molecule has 1 rings (SSSR count). The Morgan fingerprint density at radius 1 is 1.55 bits per heavy atom. The fourth-order valence-corrected chi connectivity index (χ4v) is 1.63. The fraction of sp³-hybridized carbons (Fsp3) is 1.00. The van der Waals surface area contributed by atoms with Gasteiger partial charge in [0.15, 0.2) is 0 Å². The van der Waals surface area contributed by atoms with E-state index in [2.05, 4.69) is 0 Å². The summed E-state index contributed by atoms with van der Waals surface area (Å²) < 4.78 is 5.43. The predicted molar refractivity (Wildman–Crippen MR) is 44.4 cm³/mol. The normalized spacial score (nSPS) is 37.4. The fourth-order valence-electron chi connectivity index (χ4n) is 1.63. The van der Waals surface area contributed by atoms with Crippen molar-refractivity contribution in [3.05, 3.63) is 0 Å². The van der Waals surface area contributed by atoms with E-state index in [1.165, 1.54) is 0 Å². The summed E-state index contributed by atoms with van der Waals surface area (Å²) in [7, 11) is 0. The lowest BCUT2D eigenvalue weighted by Crippen LogP contribution is -2.42. The van der Waals surface area contributed by atoms with Crippen LogP contribution in [0, 0.1) is 5.92 Å². The number of rotatable bonds is 3. The van der Waals surface area contributed by atoms with Gasteiger partial charge in [0.25, 0.3) is 0 Å². The highest BCUT2D eigenvalue weighted by molar-refractivity contribution is 4.89. The van der Waals surface area contributed by atoms with Crippen LogP contribution in [0.1, 0.15) is 33.6 Å². The zero-order valence-corrected chi connectivity index (χ0v) is 7.63. The van der Waals surface area contributed by atoms with Gasteiger partial charge in [-0.1, -0.05) is 0 Å². The molecule has 0 amide bonds. The summed E-state index contributed by atoms with van der Waals surface area (Å²) in [6.45, 7) is 6.78. The van der Waals surface area contributed by atoms with Crippen molar-refractivity contribution >= 4 is 0 Å². The molecule has 0 heterocycles. The van der Waals surface area contributed by atoms with E-state index in [1.54, 1.807) is 0 Å². The van der Waals surface area contributed by atoms with Crippen LogP contribution in [0.2, 0.25) is 0 Å². The summed E-state index contributed by atoms with van der Waals surface area (Å²) in [5, 5.41) is 9.39. The first-order chi connectivity index (χ1) is 4.99.